The molecule has 1 amide bonds. The van der Waals surface area contributed by atoms with E-state index in [1.165, 1.54) is 19.3 Å². The SMILES string of the molecule is O=C1C=CCC2(C=CCCC2)CN1. The highest BCUT2D eigenvalue weighted by Crippen LogP contribution is 2.34. The highest BCUT2D eigenvalue weighted by atomic mass is 16.1. The van der Waals surface area contributed by atoms with Gasteiger partial charge in [-0.15, -0.1) is 0 Å². The second-order valence-corrected chi connectivity index (χ2v) is 3.98. The molecule has 0 saturated carbocycles. The van der Waals surface area contributed by atoms with Crippen LogP contribution in [-0.4, -0.2) is 12.5 Å². The van der Waals surface area contributed by atoms with E-state index >= 15 is 0 Å². The minimum absolute atomic E-state index is 0.0517. The minimum Gasteiger partial charge on any atom is -0.352 e. The number of hydrogen-bond acceptors (Lipinski definition) is 1. The van der Waals surface area contributed by atoms with Crippen molar-refractivity contribution >= 4 is 5.91 Å². The lowest BCUT2D eigenvalue weighted by atomic mass is 9.76. The van der Waals surface area contributed by atoms with E-state index in [0.717, 1.165) is 13.0 Å². The Kier molecular flexibility index (Phi) is 2.21. The van der Waals surface area contributed by atoms with Crippen LogP contribution in [0, 0.1) is 5.41 Å². The van der Waals surface area contributed by atoms with E-state index < -0.39 is 0 Å². The van der Waals surface area contributed by atoms with Crippen LogP contribution in [0.2, 0.25) is 0 Å². The highest BCUT2D eigenvalue weighted by molar-refractivity contribution is 5.87. The van der Waals surface area contributed by atoms with E-state index in [1.807, 2.05) is 6.08 Å². The van der Waals surface area contributed by atoms with Crippen LogP contribution < -0.4 is 5.32 Å². The molecule has 1 aliphatic heterocycles. The summed E-state index contributed by atoms with van der Waals surface area (Å²) in [5.41, 5.74) is 0.223. The number of allylic oxidation sites excluding steroid dienone is 2. The third-order valence-electron chi connectivity index (χ3n) is 2.93. The van der Waals surface area contributed by atoms with Crippen molar-refractivity contribution < 1.29 is 4.79 Å². The molecule has 2 heteroatoms. The maximum atomic E-state index is 11.1. The lowest BCUT2D eigenvalue weighted by Gasteiger charge is -2.31. The maximum absolute atomic E-state index is 11.1. The Hall–Kier alpha value is -1.05. The molecular formula is C11H15NO. The molecule has 1 unspecified atom stereocenters. The Morgan fingerprint density at radius 2 is 2.31 bits per heavy atom. The summed E-state index contributed by atoms with van der Waals surface area (Å²) in [6, 6.07) is 0. The first-order chi connectivity index (χ1) is 6.31. The van der Waals surface area contributed by atoms with Crippen LogP contribution >= 0.6 is 0 Å². The number of rotatable bonds is 0. The normalized spacial score (nSPS) is 33.1. The third kappa shape index (κ3) is 1.82. The van der Waals surface area contributed by atoms with Crippen LogP contribution in [0.3, 0.4) is 0 Å². The number of carbonyl (C=O) groups is 1. The number of nitrogens with one attached hydrogen (secondary N) is 1. The number of hydrogen-bond donors (Lipinski definition) is 1. The van der Waals surface area contributed by atoms with Gasteiger partial charge in [0.2, 0.25) is 5.91 Å². The number of amides is 1. The fourth-order valence-corrected chi connectivity index (χ4v) is 2.10. The maximum Gasteiger partial charge on any atom is 0.243 e. The molecule has 2 aliphatic rings. The first-order valence-corrected chi connectivity index (χ1v) is 4.93. The summed E-state index contributed by atoms with van der Waals surface area (Å²) in [6.07, 6.45) is 12.8. The van der Waals surface area contributed by atoms with Crippen LogP contribution in [0.15, 0.2) is 24.3 Å². The van der Waals surface area contributed by atoms with Crippen molar-refractivity contribution in [3.05, 3.63) is 24.3 Å². The Morgan fingerprint density at radius 1 is 1.38 bits per heavy atom. The van der Waals surface area contributed by atoms with Gasteiger partial charge in [-0.2, -0.15) is 0 Å². The van der Waals surface area contributed by atoms with Crippen LogP contribution in [0.4, 0.5) is 0 Å². The van der Waals surface area contributed by atoms with Crippen molar-refractivity contribution in [2.24, 2.45) is 5.41 Å². The van der Waals surface area contributed by atoms with Gasteiger partial charge in [0.15, 0.2) is 0 Å². The summed E-state index contributed by atoms with van der Waals surface area (Å²) in [5.74, 6) is 0.0517. The predicted octanol–water partition coefficient (Wildman–Crippen LogP) is 1.79. The van der Waals surface area contributed by atoms with Gasteiger partial charge in [0.05, 0.1) is 0 Å². The van der Waals surface area contributed by atoms with E-state index in [1.54, 1.807) is 6.08 Å². The Labute approximate surface area is 78.7 Å². The standard InChI is InChI=1S/C11H15NO/c13-10-5-4-8-11(9-12-10)6-2-1-3-7-11/h2,4-6H,1,3,7-9H2,(H,12,13). The summed E-state index contributed by atoms with van der Waals surface area (Å²) in [5, 5.41) is 2.93. The summed E-state index contributed by atoms with van der Waals surface area (Å²) in [4.78, 5) is 11.1. The Bertz CT molecular complexity index is 267. The molecule has 2 nitrogen and oxygen atoms in total. The van der Waals surface area contributed by atoms with Crippen LogP contribution in [0.25, 0.3) is 0 Å². The molecule has 0 aromatic carbocycles. The van der Waals surface area contributed by atoms with Crippen molar-refractivity contribution in [1.82, 2.24) is 5.32 Å². The van der Waals surface area contributed by atoms with Crippen molar-refractivity contribution in [1.29, 1.82) is 0 Å². The van der Waals surface area contributed by atoms with Gasteiger partial charge in [-0.25, -0.2) is 0 Å². The molecule has 0 saturated heterocycles. The quantitative estimate of drug-likeness (QED) is 0.561. The van der Waals surface area contributed by atoms with Gasteiger partial charge in [0.25, 0.3) is 0 Å². The Balaban J connectivity index is 2.14. The van der Waals surface area contributed by atoms with Crippen LogP contribution in [0.5, 0.6) is 0 Å². The molecule has 0 aromatic rings. The zero-order valence-corrected chi connectivity index (χ0v) is 7.75. The van der Waals surface area contributed by atoms with Gasteiger partial charge >= 0.3 is 0 Å². The zero-order chi connectivity index (χ0) is 9.15. The molecule has 1 atom stereocenters. The summed E-state index contributed by atoms with van der Waals surface area (Å²) in [6.45, 7) is 0.801. The topological polar surface area (TPSA) is 29.1 Å². The lowest BCUT2D eigenvalue weighted by molar-refractivity contribution is -0.116. The zero-order valence-electron chi connectivity index (χ0n) is 7.75. The summed E-state index contributed by atoms with van der Waals surface area (Å²) < 4.78 is 0. The van der Waals surface area contributed by atoms with E-state index in [9.17, 15) is 4.79 Å². The smallest absolute Gasteiger partial charge is 0.243 e. The number of carbonyl (C=O) groups excluding carboxylic acids is 1. The van der Waals surface area contributed by atoms with E-state index in [2.05, 4.69) is 17.5 Å². The van der Waals surface area contributed by atoms with Crippen molar-refractivity contribution in [3.63, 3.8) is 0 Å². The van der Waals surface area contributed by atoms with Gasteiger partial charge in [0, 0.05) is 12.0 Å². The molecule has 1 aliphatic carbocycles. The molecule has 13 heavy (non-hydrogen) atoms. The molecular weight excluding hydrogens is 162 g/mol. The lowest BCUT2D eigenvalue weighted by Crippen LogP contribution is -2.34. The van der Waals surface area contributed by atoms with Gasteiger partial charge in [-0.1, -0.05) is 18.2 Å². The Morgan fingerprint density at radius 3 is 3.08 bits per heavy atom. The second kappa shape index (κ2) is 3.36. The van der Waals surface area contributed by atoms with Crippen molar-refractivity contribution in [2.75, 3.05) is 6.54 Å². The molecule has 70 valence electrons. The third-order valence-corrected chi connectivity index (χ3v) is 2.93. The average Bonchev–Trinajstić information content (AvgIpc) is 2.32. The van der Waals surface area contributed by atoms with E-state index in [4.69, 9.17) is 0 Å². The molecule has 0 aromatic heterocycles. The predicted molar refractivity (Wildman–Crippen MR) is 52.2 cm³/mol. The first-order valence-electron chi connectivity index (χ1n) is 4.93. The van der Waals surface area contributed by atoms with Gasteiger partial charge < -0.3 is 5.32 Å². The van der Waals surface area contributed by atoms with E-state index in [0.29, 0.717) is 0 Å². The summed E-state index contributed by atoms with van der Waals surface area (Å²) >= 11 is 0. The molecule has 0 radical (unpaired) electrons. The van der Waals surface area contributed by atoms with E-state index in [-0.39, 0.29) is 11.3 Å². The molecule has 0 fully saturated rings. The molecule has 1 heterocycles. The second-order valence-electron chi connectivity index (χ2n) is 3.98. The summed E-state index contributed by atoms with van der Waals surface area (Å²) in [7, 11) is 0. The van der Waals surface area contributed by atoms with Crippen molar-refractivity contribution in [3.8, 4) is 0 Å². The van der Waals surface area contributed by atoms with Crippen molar-refractivity contribution in [2.45, 2.75) is 25.7 Å². The minimum atomic E-state index is 0.0517. The molecule has 2 rings (SSSR count). The monoisotopic (exact) mass is 177 g/mol. The highest BCUT2D eigenvalue weighted by Gasteiger charge is 2.28. The van der Waals surface area contributed by atoms with Gasteiger partial charge in [-0.3, -0.25) is 4.79 Å². The largest absolute Gasteiger partial charge is 0.352 e. The molecule has 1 N–H and O–H groups in total. The van der Waals surface area contributed by atoms with Gasteiger partial charge in [0.1, 0.15) is 0 Å². The fraction of sp³-hybridized carbons (Fsp3) is 0.545. The fourth-order valence-electron chi connectivity index (χ4n) is 2.10. The van der Waals surface area contributed by atoms with Gasteiger partial charge in [-0.05, 0) is 31.8 Å². The first kappa shape index (κ1) is 8.54. The van der Waals surface area contributed by atoms with Crippen LogP contribution in [0.1, 0.15) is 25.7 Å². The molecule has 0 bridgehead atoms. The molecule has 1 spiro atoms. The van der Waals surface area contributed by atoms with Crippen LogP contribution in [-0.2, 0) is 4.79 Å². The average molecular weight is 177 g/mol.